The predicted molar refractivity (Wildman–Crippen MR) is 57.1 cm³/mol. The van der Waals surface area contributed by atoms with Crippen LogP contribution in [0.4, 0.5) is 0 Å². The first-order chi connectivity index (χ1) is 6.57. The Morgan fingerprint density at radius 2 is 2.29 bits per heavy atom. The fraction of sp³-hybridized carbons (Fsp3) is 0.300. The summed E-state index contributed by atoms with van der Waals surface area (Å²) in [6.07, 6.45) is 3.75. The van der Waals surface area contributed by atoms with E-state index < -0.39 is 5.60 Å². The van der Waals surface area contributed by atoms with E-state index in [4.69, 9.17) is 0 Å². The Morgan fingerprint density at radius 1 is 1.50 bits per heavy atom. The summed E-state index contributed by atoms with van der Waals surface area (Å²) < 4.78 is 0. The molecule has 4 heteroatoms. The van der Waals surface area contributed by atoms with Crippen LogP contribution in [-0.2, 0) is 5.60 Å². The summed E-state index contributed by atoms with van der Waals surface area (Å²) in [5.41, 5.74) is 1.12. The number of H-pyrrole nitrogens is 1. The average Bonchev–Trinajstić information content (AvgIpc) is 2.73. The molecule has 2 aromatic heterocycles. The van der Waals surface area contributed by atoms with Gasteiger partial charge in [-0.1, -0.05) is 0 Å². The van der Waals surface area contributed by atoms with Gasteiger partial charge in [-0.05, 0) is 19.9 Å². The maximum absolute atomic E-state index is 9.74. The highest BCUT2D eigenvalue weighted by Gasteiger charge is 2.20. The molecule has 0 aromatic carbocycles. The van der Waals surface area contributed by atoms with Gasteiger partial charge in [0.2, 0.25) is 0 Å². The molecule has 0 unspecified atom stereocenters. The maximum Gasteiger partial charge on any atom is 0.124 e. The van der Waals surface area contributed by atoms with E-state index in [0.717, 1.165) is 16.3 Å². The van der Waals surface area contributed by atoms with Gasteiger partial charge in [0.25, 0.3) is 0 Å². The van der Waals surface area contributed by atoms with E-state index in [1.807, 2.05) is 23.8 Å². The monoisotopic (exact) mass is 208 g/mol. The van der Waals surface area contributed by atoms with Crippen LogP contribution in [0.3, 0.4) is 0 Å². The van der Waals surface area contributed by atoms with Crippen molar-refractivity contribution < 1.29 is 5.11 Å². The minimum Gasteiger partial charge on any atom is -0.383 e. The van der Waals surface area contributed by atoms with Crippen molar-refractivity contribution in [3.63, 3.8) is 0 Å². The molecule has 0 fully saturated rings. The molecule has 74 valence electrons. The first kappa shape index (κ1) is 9.43. The van der Waals surface area contributed by atoms with Crippen LogP contribution in [-0.4, -0.2) is 15.1 Å². The first-order valence-corrected chi connectivity index (χ1v) is 5.27. The number of hydrogen-bond donors (Lipinski definition) is 2. The summed E-state index contributed by atoms with van der Waals surface area (Å²) in [5, 5.41) is 12.4. The van der Waals surface area contributed by atoms with Gasteiger partial charge in [-0.15, -0.1) is 11.3 Å². The lowest BCUT2D eigenvalue weighted by atomic mass is 10.1. The van der Waals surface area contributed by atoms with E-state index in [1.54, 1.807) is 13.8 Å². The molecule has 0 aliphatic rings. The normalized spacial score (nSPS) is 11.9. The summed E-state index contributed by atoms with van der Waals surface area (Å²) in [7, 11) is 0. The van der Waals surface area contributed by atoms with Gasteiger partial charge in [0.1, 0.15) is 10.6 Å². The Morgan fingerprint density at radius 3 is 2.79 bits per heavy atom. The molecule has 0 bridgehead atoms. The summed E-state index contributed by atoms with van der Waals surface area (Å²) in [5.74, 6) is 0. The van der Waals surface area contributed by atoms with E-state index in [2.05, 4.69) is 9.97 Å². The summed E-state index contributed by atoms with van der Waals surface area (Å²) >= 11 is 1.48. The van der Waals surface area contributed by atoms with Crippen LogP contribution >= 0.6 is 11.3 Å². The molecule has 2 rings (SSSR count). The van der Waals surface area contributed by atoms with E-state index in [0.29, 0.717) is 0 Å². The van der Waals surface area contributed by atoms with Crippen molar-refractivity contribution in [3.8, 4) is 11.3 Å². The van der Waals surface area contributed by atoms with E-state index in [-0.39, 0.29) is 0 Å². The molecule has 2 aromatic rings. The molecule has 0 aliphatic heterocycles. The van der Waals surface area contributed by atoms with Crippen LogP contribution in [0.5, 0.6) is 0 Å². The summed E-state index contributed by atoms with van der Waals surface area (Å²) in [4.78, 5) is 7.35. The third kappa shape index (κ3) is 1.71. The molecule has 0 saturated heterocycles. The van der Waals surface area contributed by atoms with Gasteiger partial charge in [0.05, 0.1) is 5.69 Å². The molecule has 0 spiro atoms. The molecule has 0 atom stereocenters. The third-order valence-corrected chi connectivity index (χ3v) is 3.08. The SMILES string of the molecule is CC(C)(O)c1nc(-c2cc[nH]c2)cs1. The van der Waals surface area contributed by atoms with Gasteiger partial charge >= 0.3 is 0 Å². The zero-order valence-electron chi connectivity index (χ0n) is 8.11. The molecule has 2 N–H and O–H groups in total. The standard InChI is InChI=1S/C10H12N2OS/c1-10(2,13)9-12-8(6-14-9)7-3-4-11-5-7/h3-6,11,13H,1-2H3. The van der Waals surface area contributed by atoms with Crippen LogP contribution in [0.1, 0.15) is 18.9 Å². The number of aromatic nitrogens is 2. The van der Waals surface area contributed by atoms with Crippen molar-refractivity contribution in [3.05, 3.63) is 28.8 Å². The lowest BCUT2D eigenvalue weighted by Crippen LogP contribution is -2.14. The molecule has 0 saturated carbocycles. The molecule has 3 nitrogen and oxygen atoms in total. The van der Waals surface area contributed by atoms with Crippen LogP contribution in [0.2, 0.25) is 0 Å². The molecule has 0 amide bonds. The predicted octanol–water partition coefficient (Wildman–Crippen LogP) is 2.37. The van der Waals surface area contributed by atoms with Crippen molar-refractivity contribution in [2.24, 2.45) is 0 Å². The first-order valence-electron chi connectivity index (χ1n) is 4.39. The van der Waals surface area contributed by atoms with Gasteiger partial charge in [-0.25, -0.2) is 4.98 Å². The maximum atomic E-state index is 9.74. The fourth-order valence-electron chi connectivity index (χ4n) is 1.17. The van der Waals surface area contributed by atoms with Crippen LogP contribution in [0.25, 0.3) is 11.3 Å². The smallest absolute Gasteiger partial charge is 0.124 e. The lowest BCUT2D eigenvalue weighted by molar-refractivity contribution is 0.0783. The Bertz CT molecular complexity index is 412. The zero-order chi connectivity index (χ0) is 10.2. The van der Waals surface area contributed by atoms with Crippen LogP contribution in [0, 0.1) is 0 Å². The lowest BCUT2D eigenvalue weighted by Gasteiger charge is -2.12. The second-order valence-corrected chi connectivity index (χ2v) is 4.55. The van der Waals surface area contributed by atoms with Crippen LogP contribution in [0.15, 0.2) is 23.8 Å². The second kappa shape index (κ2) is 3.22. The van der Waals surface area contributed by atoms with Gasteiger partial charge in [0.15, 0.2) is 0 Å². The van der Waals surface area contributed by atoms with Gasteiger partial charge in [-0.2, -0.15) is 0 Å². The Balaban J connectivity index is 2.36. The highest BCUT2D eigenvalue weighted by Crippen LogP contribution is 2.27. The molecular formula is C10H12N2OS. The van der Waals surface area contributed by atoms with Crippen LogP contribution < -0.4 is 0 Å². The minimum absolute atomic E-state index is 0.744. The van der Waals surface area contributed by atoms with Crippen molar-refractivity contribution in [1.29, 1.82) is 0 Å². The fourth-order valence-corrected chi connectivity index (χ4v) is 2.02. The molecular weight excluding hydrogens is 196 g/mol. The Labute approximate surface area is 86.4 Å². The molecule has 0 radical (unpaired) electrons. The number of nitrogens with zero attached hydrogens (tertiary/aromatic N) is 1. The van der Waals surface area contributed by atoms with Gasteiger partial charge in [0, 0.05) is 23.3 Å². The molecule has 14 heavy (non-hydrogen) atoms. The number of thiazole rings is 1. The Kier molecular flexibility index (Phi) is 2.17. The second-order valence-electron chi connectivity index (χ2n) is 3.70. The topological polar surface area (TPSA) is 48.9 Å². The number of nitrogens with one attached hydrogen (secondary N) is 1. The van der Waals surface area contributed by atoms with Crippen molar-refractivity contribution in [2.75, 3.05) is 0 Å². The number of hydrogen-bond acceptors (Lipinski definition) is 3. The van der Waals surface area contributed by atoms with Gasteiger partial charge < -0.3 is 10.1 Å². The van der Waals surface area contributed by atoms with Crippen molar-refractivity contribution in [1.82, 2.24) is 9.97 Å². The van der Waals surface area contributed by atoms with E-state index in [1.165, 1.54) is 11.3 Å². The van der Waals surface area contributed by atoms with E-state index >= 15 is 0 Å². The van der Waals surface area contributed by atoms with E-state index in [9.17, 15) is 5.11 Å². The highest BCUT2D eigenvalue weighted by atomic mass is 32.1. The molecule has 0 aliphatic carbocycles. The summed E-state index contributed by atoms with van der Waals surface area (Å²) in [6.45, 7) is 3.49. The zero-order valence-corrected chi connectivity index (χ0v) is 8.93. The highest BCUT2D eigenvalue weighted by molar-refractivity contribution is 7.10. The largest absolute Gasteiger partial charge is 0.383 e. The van der Waals surface area contributed by atoms with Crippen molar-refractivity contribution in [2.45, 2.75) is 19.4 Å². The van der Waals surface area contributed by atoms with Gasteiger partial charge in [-0.3, -0.25) is 0 Å². The molecule has 2 heterocycles. The third-order valence-electron chi connectivity index (χ3n) is 1.92. The summed E-state index contributed by atoms with van der Waals surface area (Å²) in [6, 6.07) is 1.96. The number of rotatable bonds is 2. The Hall–Kier alpha value is -1.13. The average molecular weight is 208 g/mol. The minimum atomic E-state index is -0.848. The number of aliphatic hydroxyl groups is 1. The quantitative estimate of drug-likeness (QED) is 0.796. The number of aromatic amines is 1. The van der Waals surface area contributed by atoms with Crippen molar-refractivity contribution >= 4 is 11.3 Å².